The van der Waals surface area contributed by atoms with Crippen LogP contribution < -0.4 is 0 Å². The predicted octanol–water partition coefficient (Wildman–Crippen LogP) is 4.05. The molecule has 0 bridgehead atoms. The Morgan fingerprint density at radius 2 is 1.86 bits per heavy atom. The molecule has 0 saturated carbocycles. The molecule has 0 nitrogen and oxygen atoms in total. The average molecular weight is 250 g/mol. The lowest BCUT2D eigenvalue weighted by Crippen LogP contribution is -2.18. The van der Waals surface area contributed by atoms with E-state index in [1.54, 1.807) is 12.1 Å². The summed E-state index contributed by atoms with van der Waals surface area (Å²) in [5.41, 5.74) is 0.909. The fraction of sp³-hybridized carbons (Fsp3) is 0.300. The molecular weight excluding hydrogens is 242 g/mol. The first kappa shape index (κ1) is 10.6. The number of benzene rings is 1. The van der Waals surface area contributed by atoms with Crippen molar-refractivity contribution in [1.29, 1.82) is 0 Å². The van der Waals surface area contributed by atoms with Crippen molar-refractivity contribution >= 4 is 35.0 Å². The van der Waals surface area contributed by atoms with Crippen molar-refractivity contribution in [2.24, 2.45) is 5.92 Å². The van der Waals surface area contributed by atoms with Gasteiger partial charge < -0.3 is 0 Å². The zero-order valence-corrected chi connectivity index (χ0v) is 9.59. The number of hydrogen-bond acceptors (Lipinski definition) is 1. The van der Waals surface area contributed by atoms with Gasteiger partial charge >= 0.3 is 0 Å². The summed E-state index contributed by atoms with van der Waals surface area (Å²) in [6.45, 7) is 0. The molecule has 1 aliphatic rings. The first-order chi connectivity index (χ1) is 6.66. The Labute approximate surface area is 96.8 Å². The van der Waals surface area contributed by atoms with Crippen LogP contribution in [0.25, 0.3) is 0 Å². The van der Waals surface area contributed by atoms with Crippen molar-refractivity contribution in [3.63, 3.8) is 0 Å². The van der Waals surface area contributed by atoms with Crippen molar-refractivity contribution in [2.45, 2.75) is 0 Å². The Hall–Kier alpha value is 0.0800. The number of halogens is 3. The van der Waals surface area contributed by atoms with Crippen LogP contribution in [0.2, 0.25) is 10.0 Å². The largest absolute Gasteiger partial charge is 0.204 e. The highest BCUT2D eigenvalue weighted by molar-refractivity contribution is 8.00. The van der Waals surface area contributed by atoms with Crippen molar-refractivity contribution in [3.8, 4) is 0 Å². The molecule has 1 aliphatic heterocycles. The molecule has 0 atom stereocenters. The molecular formula is C10H8Cl2FS. The van der Waals surface area contributed by atoms with E-state index in [2.05, 4.69) is 6.42 Å². The summed E-state index contributed by atoms with van der Waals surface area (Å²) in [6, 6.07) is 3.23. The minimum Gasteiger partial charge on any atom is -0.204 e. The minimum absolute atomic E-state index is 0.0933. The molecule has 0 spiro atoms. The molecule has 0 amide bonds. The van der Waals surface area contributed by atoms with Gasteiger partial charge in [0.1, 0.15) is 0 Å². The maximum absolute atomic E-state index is 13.1. The SMILES string of the molecule is Fc1c(Cl)cc([CH]C2CSC2)cc1Cl. The van der Waals surface area contributed by atoms with Gasteiger partial charge in [-0.3, -0.25) is 0 Å². The maximum Gasteiger partial charge on any atom is 0.160 e. The topological polar surface area (TPSA) is 0 Å². The van der Waals surface area contributed by atoms with E-state index < -0.39 is 5.82 Å². The summed E-state index contributed by atoms with van der Waals surface area (Å²) in [5.74, 6) is 2.31. The second-order valence-corrected chi connectivity index (χ2v) is 5.15. The molecule has 1 radical (unpaired) electrons. The summed E-state index contributed by atoms with van der Waals surface area (Å²) < 4.78 is 13.1. The van der Waals surface area contributed by atoms with Crippen molar-refractivity contribution in [1.82, 2.24) is 0 Å². The van der Waals surface area contributed by atoms with Crippen LogP contribution in [0.1, 0.15) is 5.56 Å². The van der Waals surface area contributed by atoms with E-state index >= 15 is 0 Å². The summed E-state index contributed by atoms with van der Waals surface area (Å²) in [5, 5.41) is 0.187. The average Bonchev–Trinajstić information content (AvgIpc) is 2.07. The Morgan fingerprint density at radius 3 is 2.29 bits per heavy atom. The Morgan fingerprint density at radius 1 is 1.29 bits per heavy atom. The van der Waals surface area contributed by atoms with Crippen molar-refractivity contribution in [2.75, 3.05) is 11.5 Å². The third-order valence-corrected chi connectivity index (χ3v) is 3.98. The van der Waals surface area contributed by atoms with Crippen molar-refractivity contribution in [3.05, 3.63) is 40.0 Å². The van der Waals surface area contributed by atoms with Gasteiger partial charge in [-0.25, -0.2) is 4.39 Å². The molecule has 1 fully saturated rings. The number of thioether (sulfide) groups is 1. The predicted molar refractivity (Wildman–Crippen MR) is 60.6 cm³/mol. The van der Waals surface area contributed by atoms with E-state index in [9.17, 15) is 4.39 Å². The van der Waals surface area contributed by atoms with Crippen LogP contribution >= 0.6 is 35.0 Å². The lowest BCUT2D eigenvalue weighted by atomic mass is 10.0. The van der Waals surface area contributed by atoms with Crippen LogP contribution in [0.5, 0.6) is 0 Å². The first-order valence-corrected chi connectivity index (χ1v) is 6.15. The fourth-order valence-electron chi connectivity index (χ4n) is 1.29. The van der Waals surface area contributed by atoms with Gasteiger partial charge in [-0.2, -0.15) is 11.8 Å². The van der Waals surface area contributed by atoms with Gasteiger partial charge in [0.15, 0.2) is 5.82 Å². The monoisotopic (exact) mass is 249 g/mol. The van der Waals surface area contributed by atoms with Gasteiger partial charge in [-0.05, 0) is 41.5 Å². The molecule has 1 aromatic rings. The normalized spacial score (nSPS) is 16.8. The molecule has 75 valence electrons. The van der Waals surface area contributed by atoms with E-state index in [0.717, 1.165) is 17.1 Å². The van der Waals surface area contributed by atoms with E-state index in [1.165, 1.54) is 0 Å². The second kappa shape index (κ2) is 4.30. The Bertz CT molecular complexity index is 327. The van der Waals surface area contributed by atoms with Gasteiger partial charge in [0.2, 0.25) is 0 Å². The maximum atomic E-state index is 13.1. The molecule has 2 rings (SSSR count). The Kier molecular flexibility index (Phi) is 3.25. The molecule has 0 unspecified atom stereocenters. The summed E-state index contributed by atoms with van der Waals surface area (Å²) in [6.07, 6.45) is 2.09. The lowest BCUT2D eigenvalue weighted by molar-refractivity contribution is 0.628. The molecule has 0 aromatic heterocycles. The summed E-state index contributed by atoms with van der Waals surface area (Å²) in [7, 11) is 0. The third-order valence-electron chi connectivity index (χ3n) is 2.10. The highest BCUT2D eigenvalue weighted by Gasteiger charge is 2.19. The van der Waals surface area contributed by atoms with E-state index in [0.29, 0.717) is 5.92 Å². The molecule has 14 heavy (non-hydrogen) atoms. The van der Waals surface area contributed by atoms with Gasteiger partial charge in [-0.15, -0.1) is 0 Å². The molecule has 4 heteroatoms. The molecule has 0 N–H and O–H groups in total. The first-order valence-electron chi connectivity index (χ1n) is 4.24. The second-order valence-electron chi connectivity index (χ2n) is 3.26. The van der Waals surface area contributed by atoms with Crippen LogP contribution in [-0.4, -0.2) is 11.5 Å². The zero-order valence-electron chi connectivity index (χ0n) is 7.27. The van der Waals surface area contributed by atoms with Crippen LogP contribution in [0.4, 0.5) is 4.39 Å². The molecule has 0 aliphatic carbocycles. The molecule has 1 aromatic carbocycles. The molecule has 1 heterocycles. The van der Waals surface area contributed by atoms with E-state index in [4.69, 9.17) is 23.2 Å². The van der Waals surface area contributed by atoms with Crippen LogP contribution in [0.3, 0.4) is 0 Å². The lowest BCUT2D eigenvalue weighted by Gasteiger charge is -2.24. The van der Waals surface area contributed by atoms with Gasteiger partial charge in [0.05, 0.1) is 10.0 Å². The van der Waals surface area contributed by atoms with Crippen LogP contribution in [0, 0.1) is 18.2 Å². The zero-order chi connectivity index (χ0) is 10.1. The van der Waals surface area contributed by atoms with Gasteiger partial charge in [0.25, 0.3) is 0 Å². The third kappa shape index (κ3) is 2.18. The van der Waals surface area contributed by atoms with Crippen LogP contribution in [0.15, 0.2) is 12.1 Å². The molecule has 1 saturated heterocycles. The minimum atomic E-state index is -0.534. The highest BCUT2D eigenvalue weighted by atomic mass is 35.5. The Balaban J connectivity index is 2.17. The summed E-state index contributed by atoms with van der Waals surface area (Å²) >= 11 is 13.3. The summed E-state index contributed by atoms with van der Waals surface area (Å²) in [4.78, 5) is 0. The standard InChI is InChI=1S/C10H8Cl2FS/c11-8-2-6(1-7-4-14-5-7)3-9(12)10(8)13/h1-3,7H,4-5H2. The fourth-order valence-corrected chi connectivity index (χ4v) is 2.50. The smallest absolute Gasteiger partial charge is 0.160 e. The number of hydrogen-bond donors (Lipinski definition) is 0. The highest BCUT2D eigenvalue weighted by Crippen LogP contribution is 2.32. The quantitative estimate of drug-likeness (QED) is 0.713. The van der Waals surface area contributed by atoms with Gasteiger partial charge in [-0.1, -0.05) is 23.2 Å². The van der Waals surface area contributed by atoms with E-state index in [-0.39, 0.29) is 10.0 Å². The van der Waals surface area contributed by atoms with Crippen LogP contribution in [-0.2, 0) is 0 Å². The number of rotatable bonds is 2. The van der Waals surface area contributed by atoms with Gasteiger partial charge in [0, 0.05) is 0 Å². The van der Waals surface area contributed by atoms with E-state index in [1.807, 2.05) is 11.8 Å². The van der Waals surface area contributed by atoms with Crippen molar-refractivity contribution < 1.29 is 4.39 Å².